The van der Waals surface area contributed by atoms with Crippen molar-refractivity contribution < 1.29 is 9.47 Å². The first kappa shape index (κ1) is 16.9. The summed E-state index contributed by atoms with van der Waals surface area (Å²) in [6.07, 6.45) is 3.48. The molecule has 0 aliphatic carbocycles. The average Bonchev–Trinajstić information content (AvgIpc) is 2.34. The smallest absolute Gasteiger partial charge is 0.172 e. The van der Waals surface area contributed by atoms with E-state index in [-0.39, 0.29) is 6.29 Å². The molecule has 0 bridgehead atoms. The van der Waals surface area contributed by atoms with Crippen molar-refractivity contribution in [3.05, 3.63) is 0 Å². The lowest BCUT2D eigenvalue weighted by atomic mass is 9.94. The fraction of sp³-hybridized carbons (Fsp3) is 1.00. The molecule has 0 aromatic rings. The van der Waals surface area contributed by atoms with Gasteiger partial charge in [0, 0.05) is 13.2 Å². The predicted molar refractivity (Wildman–Crippen MR) is 73.2 cm³/mol. The zero-order valence-corrected chi connectivity index (χ0v) is 12.3. The van der Waals surface area contributed by atoms with Crippen LogP contribution in [0.25, 0.3) is 0 Å². The molecule has 3 heteroatoms. The third kappa shape index (κ3) is 7.02. The molecule has 0 spiro atoms. The minimum Gasteiger partial charge on any atom is -0.351 e. The Labute approximate surface area is 107 Å². The van der Waals surface area contributed by atoms with E-state index in [0.717, 1.165) is 18.9 Å². The summed E-state index contributed by atoms with van der Waals surface area (Å²) in [6, 6.07) is 0.310. The van der Waals surface area contributed by atoms with Gasteiger partial charge in [0.2, 0.25) is 0 Å². The van der Waals surface area contributed by atoms with Crippen molar-refractivity contribution in [2.45, 2.75) is 66.2 Å². The molecule has 0 aromatic heterocycles. The molecule has 0 aromatic carbocycles. The van der Waals surface area contributed by atoms with Crippen molar-refractivity contribution in [2.75, 3.05) is 19.8 Å². The molecule has 104 valence electrons. The summed E-state index contributed by atoms with van der Waals surface area (Å²) < 4.78 is 11.4. The minimum absolute atomic E-state index is 0.106. The van der Waals surface area contributed by atoms with Gasteiger partial charge in [0.05, 0.1) is 6.04 Å². The molecule has 0 aliphatic rings. The summed E-state index contributed by atoms with van der Waals surface area (Å²) in [6.45, 7) is 13.1. The Bertz CT molecular complexity index is 154. The van der Waals surface area contributed by atoms with Crippen molar-refractivity contribution in [3.8, 4) is 0 Å². The molecular weight excluding hydrogens is 214 g/mol. The highest BCUT2D eigenvalue weighted by Crippen LogP contribution is 2.18. The molecule has 0 saturated carbocycles. The highest BCUT2D eigenvalue weighted by molar-refractivity contribution is 4.74. The van der Waals surface area contributed by atoms with Crippen molar-refractivity contribution >= 4 is 0 Å². The molecule has 0 radical (unpaired) electrons. The number of nitrogens with one attached hydrogen (secondary N) is 1. The second-order valence-electron chi connectivity index (χ2n) is 4.36. The molecule has 17 heavy (non-hydrogen) atoms. The normalized spacial score (nSPS) is 13.6. The van der Waals surface area contributed by atoms with E-state index < -0.39 is 0 Å². The second kappa shape index (κ2) is 11.0. The van der Waals surface area contributed by atoms with Gasteiger partial charge in [0.25, 0.3) is 0 Å². The summed E-state index contributed by atoms with van der Waals surface area (Å²) in [4.78, 5) is 0. The van der Waals surface area contributed by atoms with Crippen molar-refractivity contribution in [1.82, 2.24) is 5.32 Å². The maximum atomic E-state index is 5.70. The Balaban J connectivity index is 4.41. The zero-order chi connectivity index (χ0) is 13.1. The van der Waals surface area contributed by atoms with E-state index in [1.165, 1.54) is 12.8 Å². The summed E-state index contributed by atoms with van der Waals surface area (Å²) in [5, 5.41) is 3.50. The molecule has 1 N–H and O–H groups in total. The van der Waals surface area contributed by atoms with Crippen LogP contribution < -0.4 is 5.32 Å². The fourth-order valence-electron chi connectivity index (χ4n) is 2.14. The van der Waals surface area contributed by atoms with Crippen LogP contribution in [0.15, 0.2) is 0 Å². The topological polar surface area (TPSA) is 30.5 Å². The number of likely N-dealkylation sites (N-methyl/N-ethyl adjacent to an activating group) is 1. The van der Waals surface area contributed by atoms with Gasteiger partial charge in [0.15, 0.2) is 6.29 Å². The van der Waals surface area contributed by atoms with Crippen LogP contribution in [-0.2, 0) is 9.47 Å². The van der Waals surface area contributed by atoms with Gasteiger partial charge in [-0.15, -0.1) is 0 Å². The predicted octanol–water partition coefficient (Wildman–Crippen LogP) is 3.19. The first-order valence-electron chi connectivity index (χ1n) is 7.19. The Morgan fingerprint density at radius 3 is 1.76 bits per heavy atom. The number of hydrogen-bond donors (Lipinski definition) is 1. The van der Waals surface area contributed by atoms with Gasteiger partial charge < -0.3 is 14.8 Å². The van der Waals surface area contributed by atoms with Crippen molar-refractivity contribution in [3.63, 3.8) is 0 Å². The molecule has 0 heterocycles. The Morgan fingerprint density at radius 2 is 1.41 bits per heavy atom. The molecule has 0 fully saturated rings. The van der Waals surface area contributed by atoms with Crippen LogP contribution in [0.1, 0.15) is 53.9 Å². The van der Waals surface area contributed by atoms with E-state index >= 15 is 0 Å². The van der Waals surface area contributed by atoms with Crippen LogP contribution in [0.4, 0.5) is 0 Å². The van der Waals surface area contributed by atoms with E-state index in [4.69, 9.17) is 9.47 Å². The quantitative estimate of drug-likeness (QED) is 0.567. The van der Waals surface area contributed by atoms with Gasteiger partial charge in [-0.25, -0.2) is 0 Å². The molecule has 1 atom stereocenters. The first-order chi connectivity index (χ1) is 8.23. The lowest BCUT2D eigenvalue weighted by molar-refractivity contribution is -0.156. The fourth-order valence-corrected chi connectivity index (χ4v) is 2.14. The van der Waals surface area contributed by atoms with E-state index in [1.807, 2.05) is 13.8 Å². The highest BCUT2D eigenvalue weighted by Gasteiger charge is 2.23. The van der Waals surface area contributed by atoms with Gasteiger partial charge in [-0.05, 0) is 32.7 Å². The molecule has 0 aliphatic heterocycles. The summed E-state index contributed by atoms with van der Waals surface area (Å²) in [7, 11) is 0. The Morgan fingerprint density at radius 1 is 0.882 bits per heavy atom. The zero-order valence-electron chi connectivity index (χ0n) is 12.3. The first-order valence-corrected chi connectivity index (χ1v) is 7.19. The van der Waals surface area contributed by atoms with E-state index in [9.17, 15) is 0 Å². The highest BCUT2D eigenvalue weighted by atomic mass is 16.7. The number of rotatable bonds is 11. The maximum Gasteiger partial charge on any atom is 0.172 e. The maximum absolute atomic E-state index is 5.70. The van der Waals surface area contributed by atoms with Crippen LogP contribution >= 0.6 is 0 Å². The van der Waals surface area contributed by atoms with Crippen LogP contribution in [0.2, 0.25) is 0 Å². The largest absolute Gasteiger partial charge is 0.351 e. The molecule has 0 saturated heterocycles. The summed E-state index contributed by atoms with van der Waals surface area (Å²) in [5.41, 5.74) is 0. The van der Waals surface area contributed by atoms with Crippen LogP contribution in [0, 0.1) is 5.92 Å². The van der Waals surface area contributed by atoms with E-state index in [0.29, 0.717) is 19.3 Å². The van der Waals surface area contributed by atoms with E-state index in [1.54, 1.807) is 0 Å². The second-order valence-corrected chi connectivity index (χ2v) is 4.36. The lowest BCUT2D eigenvalue weighted by Gasteiger charge is -2.30. The van der Waals surface area contributed by atoms with Crippen LogP contribution in [0.5, 0.6) is 0 Å². The van der Waals surface area contributed by atoms with Gasteiger partial charge >= 0.3 is 0 Å². The lowest BCUT2D eigenvalue weighted by Crippen LogP contribution is -2.44. The van der Waals surface area contributed by atoms with E-state index in [2.05, 4.69) is 26.1 Å². The molecule has 1 unspecified atom stereocenters. The van der Waals surface area contributed by atoms with Gasteiger partial charge in [0.1, 0.15) is 0 Å². The van der Waals surface area contributed by atoms with Gasteiger partial charge in [-0.1, -0.05) is 33.6 Å². The van der Waals surface area contributed by atoms with Crippen molar-refractivity contribution in [2.24, 2.45) is 5.92 Å². The van der Waals surface area contributed by atoms with Gasteiger partial charge in [-0.2, -0.15) is 0 Å². The summed E-state index contributed by atoms with van der Waals surface area (Å²) in [5.74, 6) is 0.752. The average molecular weight is 245 g/mol. The number of ether oxygens (including phenoxy) is 2. The Kier molecular flexibility index (Phi) is 10.9. The molecule has 0 rings (SSSR count). The minimum atomic E-state index is -0.106. The molecule has 0 amide bonds. The third-order valence-corrected chi connectivity index (χ3v) is 3.20. The Hall–Kier alpha value is -0.120. The molecular formula is C14H31NO2. The molecule has 3 nitrogen and oxygen atoms in total. The van der Waals surface area contributed by atoms with Crippen LogP contribution in [0.3, 0.4) is 0 Å². The standard InChI is InChI=1S/C14H31NO2/c1-6-12(7-2)11-13(15-8-3)14(16-9-4)17-10-5/h12-15H,6-11H2,1-5H3. The van der Waals surface area contributed by atoms with Crippen molar-refractivity contribution in [1.29, 1.82) is 0 Å². The SMILES string of the molecule is CCNC(CC(CC)CC)C(OCC)OCC. The number of hydrogen-bond acceptors (Lipinski definition) is 3. The van der Waals surface area contributed by atoms with Crippen LogP contribution in [-0.4, -0.2) is 32.1 Å². The monoisotopic (exact) mass is 245 g/mol. The summed E-state index contributed by atoms with van der Waals surface area (Å²) >= 11 is 0. The third-order valence-electron chi connectivity index (χ3n) is 3.20. The van der Waals surface area contributed by atoms with Gasteiger partial charge in [-0.3, -0.25) is 0 Å².